The molecule has 0 radical (unpaired) electrons. The van der Waals surface area contributed by atoms with Crippen LogP contribution in [0.2, 0.25) is 0 Å². The van der Waals surface area contributed by atoms with Gasteiger partial charge < -0.3 is 14.4 Å². The van der Waals surface area contributed by atoms with Crippen LogP contribution in [0, 0.1) is 5.92 Å². The molecule has 2 rings (SSSR count). The summed E-state index contributed by atoms with van der Waals surface area (Å²) in [6.07, 6.45) is 2.07. The zero-order chi connectivity index (χ0) is 9.31. The Hall–Kier alpha value is -0.120. The Morgan fingerprint density at radius 1 is 1.31 bits per heavy atom. The van der Waals surface area contributed by atoms with E-state index in [9.17, 15) is 0 Å². The van der Waals surface area contributed by atoms with E-state index < -0.39 is 0 Å². The maximum Gasteiger partial charge on any atom is 0.170 e. The minimum atomic E-state index is -0.232. The summed E-state index contributed by atoms with van der Waals surface area (Å²) in [5.74, 6) is 0.440. The van der Waals surface area contributed by atoms with E-state index in [0.29, 0.717) is 5.92 Å². The molecule has 2 aliphatic heterocycles. The quantitative estimate of drug-likeness (QED) is 0.564. The van der Waals surface area contributed by atoms with Crippen LogP contribution < -0.4 is 0 Å². The predicted molar refractivity (Wildman–Crippen MR) is 50.5 cm³/mol. The second kappa shape index (κ2) is 3.56. The van der Waals surface area contributed by atoms with Gasteiger partial charge in [-0.25, -0.2) is 0 Å². The summed E-state index contributed by atoms with van der Waals surface area (Å²) in [5.41, 5.74) is 0. The average molecular weight is 185 g/mol. The van der Waals surface area contributed by atoms with Crippen LogP contribution in [0.5, 0.6) is 0 Å². The Morgan fingerprint density at radius 2 is 2.00 bits per heavy atom. The van der Waals surface area contributed by atoms with Gasteiger partial charge in [0.2, 0.25) is 0 Å². The van der Waals surface area contributed by atoms with Crippen molar-refractivity contribution in [1.82, 2.24) is 4.90 Å². The standard InChI is InChI=1S/C10H19NO2/c1-9-7-10(12-5-6-13-10)3-4-11(2)8-9/h9H,3-8H2,1-2H3. The molecule has 2 fully saturated rings. The Kier molecular flexibility index (Phi) is 2.58. The third kappa shape index (κ3) is 2.03. The second-order valence-electron chi connectivity index (χ2n) is 4.43. The van der Waals surface area contributed by atoms with Gasteiger partial charge in [-0.1, -0.05) is 6.92 Å². The fourth-order valence-corrected chi connectivity index (χ4v) is 2.44. The van der Waals surface area contributed by atoms with Gasteiger partial charge in [0.05, 0.1) is 13.2 Å². The largest absolute Gasteiger partial charge is 0.347 e. The zero-order valence-electron chi connectivity index (χ0n) is 8.58. The fourth-order valence-electron chi connectivity index (χ4n) is 2.44. The van der Waals surface area contributed by atoms with Crippen LogP contribution in [0.4, 0.5) is 0 Å². The molecule has 2 aliphatic rings. The molecule has 3 heteroatoms. The number of hydrogen-bond donors (Lipinski definition) is 0. The van der Waals surface area contributed by atoms with E-state index in [1.54, 1.807) is 0 Å². The first-order valence-corrected chi connectivity index (χ1v) is 5.17. The highest BCUT2D eigenvalue weighted by atomic mass is 16.7. The van der Waals surface area contributed by atoms with Crippen molar-refractivity contribution < 1.29 is 9.47 Å². The van der Waals surface area contributed by atoms with Gasteiger partial charge in [0.1, 0.15) is 0 Å². The van der Waals surface area contributed by atoms with Crippen LogP contribution in [0.15, 0.2) is 0 Å². The van der Waals surface area contributed by atoms with Crippen molar-refractivity contribution in [2.45, 2.75) is 25.6 Å². The molecule has 13 heavy (non-hydrogen) atoms. The van der Waals surface area contributed by atoms with E-state index in [1.165, 1.54) is 0 Å². The van der Waals surface area contributed by atoms with Crippen molar-refractivity contribution in [1.29, 1.82) is 0 Å². The van der Waals surface area contributed by atoms with E-state index in [0.717, 1.165) is 39.1 Å². The first-order valence-electron chi connectivity index (χ1n) is 5.17. The third-order valence-electron chi connectivity index (χ3n) is 2.97. The molecule has 0 aromatic carbocycles. The van der Waals surface area contributed by atoms with Gasteiger partial charge in [0, 0.05) is 25.9 Å². The Morgan fingerprint density at radius 3 is 2.69 bits per heavy atom. The molecular formula is C10H19NO2. The molecule has 0 N–H and O–H groups in total. The summed E-state index contributed by atoms with van der Waals surface area (Å²) in [6.45, 7) is 6.07. The van der Waals surface area contributed by atoms with Gasteiger partial charge in [-0.2, -0.15) is 0 Å². The Bertz CT molecular complexity index is 178. The number of nitrogens with zero attached hydrogens (tertiary/aromatic N) is 1. The lowest BCUT2D eigenvalue weighted by atomic mass is 10.0. The lowest BCUT2D eigenvalue weighted by Gasteiger charge is -2.26. The number of rotatable bonds is 0. The first-order chi connectivity index (χ1) is 6.20. The van der Waals surface area contributed by atoms with Crippen molar-refractivity contribution >= 4 is 0 Å². The summed E-state index contributed by atoms with van der Waals surface area (Å²) in [4.78, 5) is 2.37. The maximum atomic E-state index is 5.73. The summed E-state index contributed by atoms with van der Waals surface area (Å²) >= 11 is 0. The van der Waals surface area contributed by atoms with Crippen LogP contribution in [0.1, 0.15) is 19.8 Å². The lowest BCUT2D eigenvalue weighted by Crippen LogP contribution is -2.32. The number of hydrogen-bond acceptors (Lipinski definition) is 3. The minimum absolute atomic E-state index is 0.232. The van der Waals surface area contributed by atoms with Gasteiger partial charge >= 0.3 is 0 Å². The van der Waals surface area contributed by atoms with Crippen LogP contribution in [-0.2, 0) is 9.47 Å². The van der Waals surface area contributed by atoms with Crippen molar-refractivity contribution in [3.8, 4) is 0 Å². The predicted octanol–water partition coefficient (Wildman–Crippen LogP) is 1.09. The lowest BCUT2D eigenvalue weighted by molar-refractivity contribution is -0.168. The van der Waals surface area contributed by atoms with Crippen LogP contribution in [0.25, 0.3) is 0 Å². The highest BCUT2D eigenvalue weighted by Crippen LogP contribution is 2.33. The van der Waals surface area contributed by atoms with Crippen molar-refractivity contribution in [3.05, 3.63) is 0 Å². The van der Waals surface area contributed by atoms with E-state index >= 15 is 0 Å². The zero-order valence-corrected chi connectivity index (χ0v) is 8.58. The second-order valence-corrected chi connectivity index (χ2v) is 4.43. The molecule has 2 heterocycles. The molecule has 0 saturated carbocycles. The smallest absolute Gasteiger partial charge is 0.170 e. The van der Waals surface area contributed by atoms with Gasteiger partial charge in [-0.05, 0) is 13.0 Å². The Balaban J connectivity index is 2.03. The third-order valence-corrected chi connectivity index (χ3v) is 2.97. The summed E-state index contributed by atoms with van der Waals surface area (Å²) in [7, 11) is 2.17. The molecule has 1 atom stereocenters. The van der Waals surface area contributed by atoms with Gasteiger partial charge in [-0.15, -0.1) is 0 Å². The SMILES string of the molecule is CC1CN(C)CCC2(C1)OCCO2. The van der Waals surface area contributed by atoms with Crippen molar-refractivity contribution in [2.24, 2.45) is 5.92 Å². The van der Waals surface area contributed by atoms with Gasteiger partial charge in [0.15, 0.2) is 5.79 Å². The topological polar surface area (TPSA) is 21.7 Å². The van der Waals surface area contributed by atoms with E-state index in [-0.39, 0.29) is 5.79 Å². The van der Waals surface area contributed by atoms with Crippen molar-refractivity contribution in [3.63, 3.8) is 0 Å². The molecule has 2 saturated heterocycles. The molecule has 1 unspecified atom stereocenters. The summed E-state index contributed by atoms with van der Waals surface area (Å²) in [6, 6.07) is 0. The summed E-state index contributed by atoms with van der Waals surface area (Å²) in [5, 5.41) is 0. The monoisotopic (exact) mass is 185 g/mol. The number of likely N-dealkylation sites (tertiary alicyclic amines) is 1. The normalized spacial score (nSPS) is 35.1. The number of ether oxygens (including phenoxy) is 2. The summed E-state index contributed by atoms with van der Waals surface area (Å²) < 4.78 is 11.5. The molecule has 1 spiro atoms. The molecule has 0 aliphatic carbocycles. The van der Waals surface area contributed by atoms with E-state index in [2.05, 4.69) is 18.9 Å². The van der Waals surface area contributed by atoms with Crippen LogP contribution >= 0.6 is 0 Å². The van der Waals surface area contributed by atoms with Crippen LogP contribution in [0.3, 0.4) is 0 Å². The van der Waals surface area contributed by atoms with Crippen molar-refractivity contribution in [2.75, 3.05) is 33.4 Å². The van der Waals surface area contributed by atoms with Gasteiger partial charge in [-0.3, -0.25) is 0 Å². The molecule has 3 nitrogen and oxygen atoms in total. The molecule has 0 aromatic heterocycles. The average Bonchev–Trinajstić information content (AvgIpc) is 2.44. The first kappa shape index (κ1) is 9.44. The van der Waals surface area contributed by atoms with Gasteiger partial charge in [0.25, 0.3) is 0 Å². The molecule has 0 aromatic rings. The fraction of sp³-hybridized carbons (Fsp3) is 1.00. The van der Waals surface area contributed by atoms with E-state index in [4.69, 9.17) is 9.47 Å². The highest BCUT2D eigenvalue weighted by Gasteiger charge is 2.39. The Labute approximate surface area is 80.0 Å². The minimum Gasteiger partial charge on any atom is -0.347 e. The molecule has 76 valence electrons. The molecular weight excluding hydrogens is 166 g/mol. The highest BCUT2D eigenvalue weighted by molar-refractivity contribution is 4.82. The van der Waals surface area contributed by atoms with Crippen LogP contribution in [-0.4, -0.2) is 44.0 Å². The molecule has 0 amide bonds. The van der Waals surface area contributed by atoms with E-state index in [1.807, 2.05) is 0 Å². The maximum absolute atomic E-state index is 5.73. The molecule has 0 bridgehead atoms.